The van der Waals surface area contributed by atoms with Gasteiger partial charge in [0.15, 0.2) is 0 Å². The summed E-state index contributed by atoms with van der Waals surface area (Å²) in [7, 11) is 1.63. The molecule has 0 bridgehead atoms. The van der Waals surface area contributed by atoms with E-state index in [2.05, 4.69) is 5.32 Å². The fourth-order valence-electron chi connectivity index (χ4n) is 3.62. The molecule has 142 valence electrons. The van der Waals surface area contributed by atoms with E-state index >= 15 is 0 Å². The molecule has 5 heteroatoms. The largest absolute Gasteiger partial charge is 0.497 e. The Labute approximate surface area is 160 Å². The average molecular weight is 366 g/mol. The maximum atomic E-state index is 12.8. The van der Waals surface area contributed by atoms with E-state index in [9.17, 15) is 9.59 Å². The third-order valence-corrected chi connectivity index (χ3v) is 5.10. The van der Waals surface area contributed by atoms with E-state index in [0.717, 1.165) is 34.5 Å². The number of anilines is 1. The lowest BCUT2D eigenvalue weighted by Crippen LogP contribution is -2.38. The van der Waals surface area contributed by atoms with Gasteiger partial charge >= 0.3 is 0 Å². The highest BCUT2D eigenvalue weighted by Crippen LogP contribution is 2.30. The van der Waals surface area contributed by atoms with E-state index in [4.69, 9.17) is 4.74 Å². The summed E-state index contributed by atoms with van der Waals surface area (Å²) in [6.07, 6.45) is 1.28. The summed E-state index contributed by atoms with van der Waals surface area (Å²) in [5.74, 6) is -0.0672. The second kappa shape index (κ2) is 8.25. The highest BCUT2D eigenvalue weighted by molar-refractivity contribution is 6.10. The van der Waals surface area contributed by atoms with E-state index in [1.165, 1.54) is 0 Å². The Morgan fingerprint density at radius 1 is 1.15 bits per heavy atom. The summed E-state index contributed by atoms with van der Waals surface area (Å²) in [6.45, 7) is 5.09. The molecule has 0 radical (unpaired) electrons. The number of carbonyl (C=O) groups excluding carboxylic acids is 2. The summed E-state index contributed by atoms with van der Waals surface area (Å²) in [5, 5.41) is 2.92. The topological polar surface area (TPSA) is 58.6 Å². The van der Waals surface area contributed by atoms with Crippen LogP contribution in [0.2, 0.25) is 0 Å². The van der Waals surface area contributed by atoms with Crippen LogP contribution in [0.3, 0.4) is 0 Å². The maximum Gasteiger partial charge on any atom is 0.239 e. The lowest BCUT2D eigenvalue weighted by Gasteiger charge is -2.21. The van der Waals surface area contributed by atoms with E-state index < -0.39 is 5.92 Å². The molecule has 0 aliphatic carbocycles. The molecule has 27 heavy (non-hydrogen) atoms. The molecule has 1 unspecified atom stereocenters. The summed E-state index contributed by atoms with van der Waals surface area (Å²) in [6, 6.07) is 13.7. The van der Waals surface area contributed by atoms with Gasteiger partial charge < -0.3 is 15.0 Å². The molecular weight excluding hydrogens is 340 g/mol. The van der Waals surface area contributed by atoms with Gasteiger partial charge in [0.1, 0.15) is 11.7 Å². The first-order chi connectivity index (χ1) is 13.0. The first kappa shape index (κ1) is 19.0. The lowest BCUT2D eigenvalue weighted by molar-refractivity contribution is -0.132. The van der Waals surface area contributed by atoms with E-state index in [1.807, 2.05) is 56.3 Å². The number of nitrogens with zero attached hydrogens (tertiary/aromatic N) is 1. The summed E-state index contributed by atoms with van der Waals surface area (Å²) >= 11 is 0. The molecule has 1 aliphatic heterocycles. The molecule has 0 saturated carbocycles. The standard InChI is InChI=1S/C22H26N2O3/c1-15-5-4-6-16(2)20(15)24-14-12-19(22(24)26)21(25)23-13-11-17-7-9-18(27-3)10-8-17/h4-10,19H,11-14H2,1-3H3,(H,23,25). The number of methoxy groups -OCH3 is 1. The molecule has 1 atom stereocenters. The van der Waals surface area contributed by atoms with E-state index in [-0.39, 0.29) is 11.8 Å². The molecule has 2 aromatic rings. The Kier molecular flexibility index (Phi) is 5.79. The van der Waals surface area contributed by atoms with Crippen molar-refractivity contribution >= 4 is 17.5 Å². The minimum absolute atomic E-state index is 0.102. The molecule has 5 nitrogen and oxygen atoms in total. The number of rotatable bonds is 6. The molecular formula is C22H26N2O3. The van der Waals surface area contributed by atoms with Gasteiger partial charge in [-0.1, -0.05) is 30.3 Å². The second-order valence-corrected chi connectivity index (χ2v) is 6.96. The minimum Gasteiger partial charge on any atom is -0.497 e. The number of aryl methyl sites for hydroxylation is 2. The number of para-hydroxylation sites is 1. The Balaban J connectivity index is 1.57. The van der Waals surface area contributed by atoms with Crippen molar-refractivity contribution in [1.82, 2.24) is 5.32 Å². The van der Waals surface area contributed by atoms with Gasteiger partial charge in [-0.25, -0.2) is 0 Å². The van der Waals surface area contributed by atoms with Crippen LogP contribution in [0.25, 0.3) is 0 Å². The average Bonchev–Trinajstić information content (AvgIpc) is 3.03. The third-order valence-electron chi connectivity index (χ3n) is 5.10. The summed E-state index contributed by atoms with van der Waals surface area (Å²) in [5.41, 5.74) is 4.18. The molecule has 1 saturated heterocycles. The van der Waals surface area contributed by atoms with Crippen molar-refractivity contribution in [3.8, 4) is 5.75 Å². The van der Waals surface area contributed by atoms with Crippen molar-refractivity contribution in [2.75, 3.05) is 25.1 Å². The molecule has 1 fully saturated rings. The predicted octanol–water partition coefficient (Wildman–Crippen LogP) is 3.02. The molecule has 1 N–H and O–H groups in total. The van der Waals surface area contributed by atoms with Gasteiger partial charge in [0.05, 0.1) is 7.11 Å². The zero-order chi connectivity index (χ0) is 19.4. The first-order valence-corrected chi connectivity index (χ1v) is 9.29. The van der Waals surface area contributed by atoms with E-state index in [0.29, 0.717) is 19.5 Å². The minimum atomic E-state index is -0.597. The summed E-state index contributed by atoms with van der Waals surface area (Å²) in [4.78, 5) is 27.1. The van der Waals surface area contributed by atoms with Crippen molar-refractivity contribution in [1.29, 1.82) is 0 Å². The molecule has 0 aromatic heterocycles. The van der Waals surface area contributed by atoms with Gasteiger partial charge in [0.25, 0.3) is 0 Å². The van der Waals surface area contributed by atoms with Crippen molar-refractivity contribution < 1.29 is 14.3 Å². The van der Waals surface area contributed by atoms with Crippen molar-refractivity contribution in [3.63, 3.8) is 0 Å². The Morgan fingerprint density at radius 3 is 2.44 bits per heavy atom. The van der Waals surface area contributed by atoms with Gasteiger partial charge in [-0.05, 0) is 55.5 Å². The van der Waals surface area contributed by atoms with Crippen molar-refractivity contribution in [2.45, 2.75) is 26.7 Å². The predicted molar refractivity (Wildman–Crippen MR) is 106 cm³/mol. The van der Waals surface area contributed by atoms with Crippen LogP contribution in [0, 0.1) is 19.8 Å². The molecule has 1 heterocycles. The second-order valence-electron chi connectivity index (χ2n) is 6.96. The number of ether oxygens (including phenoxy) is 1. The smallest absolute Gasteiger partial charge is 0.239 e. The highest BCUT2D eigenvalue weighted by atomic mass is 16.5. The molecule has 0 spiro atoms. The number of carbonyl (C=O) groups is 2. The lowest BCUT2D eigenvalue weighted by atomic mass is 10.1. The zero-order valence-corrected chi connectivity index (χ0v) is 16.1. The van der Waals surface area contributed by atoms with Crippen LogP contribution in [-0.4, -0.2) is 32.0 Å². The molecule has 3 rings (SSSR count). The number of hydrogen-bond acceptors (Lipinski definition) is 3. The van der Waals surface area contributed by atoms with Crippen LogP contribution in [0.1, 0.15) is 23.1 Å². The van der Waals surface area contributed by atoms with Crippen LogP contribution in [0.5, 0.6) is 5.75 Å². The fourth-order valence-corrected chi connectivity index (χ4v) is 3.62. The van der Waals surface area contributed by atoms with Crippen LogP contribution < -0.4 is 15.0 Å². The monoisotopic (exact) mass is 366 g/mol. The zero-order valence-electron chi connectivity index (χ0n) is 16.1. The van der Waals surface area contributed by atoms with Gasteiger partial charge in [0, 0.05) is 18.8 Å². The van der Waals surface area contributed by atoms with Gasteiger partial charge in [-0.15, -0.1) is 0 Å². The quantitative estimate of drug-likeness (QED) is 0.800. The highest BCUT2D eigenvalue weighted by Gasteiger charge is 2.38. The molecule has 1 aliphatic rings. The van der Waals surface area contributed by atoms with Gasteiger partial charge in [-0.3, -0.25) is 9.59 Å². The fraction of sp³-hybridized carbons (Fsp3) is 0.364. The normalized spacial score (nSPS) is 16.5. The molecule has 2 aromatic carbocycles. The van der Waals surface area contributed by atoms with E-state index in [1.54, 1.807) is 12.0 Å². The first-order valence-electron chi connectivity index (χ1n) is 9.29. The summed E-state index contributed by atoms with van der Waals surface area (Å²) < 4.78 is 5.14. The van der Waals surface area contributed by atoms with Crippen molar-refractivity contribution in [3.05, 3.63) is 59.2 Å². The Hall–Kier alpha value is -2.82. The van der Waals surface area contributed by atoms with Crippen LogP contribution in [-0.2, 0) is 16.0 Å². The van der Waals surface area contributed by atoms with Crippen LogP contribution >= 0.6 is 0 Å². The number of benzene rings is 2. The van der Waals surface area contributed by atoms with Crippen LogP contribution in [0.15, 0.2) is 42.5 Å². The van der Waals surface area contributed by atoms with Gasteiger partial charge in [0.2, 0.25) is 11.8 Å². The Morgan fingerprint density at radius 2 is 1.81 bits per heavy atom. The number of nitrogens with one attached hydrogen (secondary N) is 1. The molecule has 2 amide bonds. The van der Waals surface area contributed by atoms with Crippen LogP contribution in [0.4, 0.5) is 5.69 Å². The van der Waals surface area contributed by atoms with Gasteiger partial charge in [-0.2, -0.15) is 0 Å². The van der Waals surface area contributed by atoms with Crippen molar-refractivity contribution in [2.24, 2.45) is 5.92 Å². The Bertz CT molecular complexity index is 810. The number of amides is 2. The maximum absolute atomic E-state index is 12.8. The number of hydrogen-bond donors (Lipinski definition) is 1. The SMILES string of the molecule is COc1ccc(CCNC(=O)C2CCN(c3c(C)cccc3C)C2=O)cc1. The third kappa shape index (κ3) is 4.13.